The fourth-order valence-corrected chi connectivity index (χ4v) is 0.728. The van der Waals surface area contributed by atoms with Crippen molar-refractivity contribution >= 4 is 100 Å². The third-order valence-corrected chi connectivity index (χ3v) is 1.32. The summed E-state index contributed by atoms with van der Waals surface area (Å²) in [5.41, 5.74) is -0.289. The van der Waals surface area contributed by atoms with Crippen LogP contribution in [-0.2, 0) is 0 Å². The molecule has 0 unspecified atom stereocenters. The number of carboxylic acids is 1. The van der Waals surface area contributed by atoms with Crippen LogP contribution in [0.3, 0.4) is 0 Å². The third kappa shape index (κ3) is 8.74. The van der Waals surface area contributed by atoms with Crippen LogP contribution in [-0.4, -0.2) is 121 Å². The molecule has 1 aromatic rings. The maximum absolute atomic E-state index is 10.3. The van der Waals surface area contributed by atoms with Crippen LogP contribution in [0.1, 0.15) is 10.4 Å². The van der Waals surface area contributed by atoms with E-state index in [1.807, 2.05) is 0 Å². The average Bonchev–Trinajstić information content (AvgIpc) is 1.99. The van der Waals surface area contributed by atoms with E-state index in [1.54, 1.807) is 0 Å². The first kappa shape index (κ1) is 30.8. The minimum absolute atomic E-state index is 0. The normalized spacial score (nSPS) is 6.82. The summed E-state index contributed by atoms with van der Waals surface area (Å²) < 4.78 is 0. The maximum atomic E-state index is 10.3. The summed E-state index contributed by atoms with van der Waals surface area (Å²) >= 11 is 0. The molecule has 4 N–H and O–H groups in total. The Morgan fingerprint density at radius 2 is 1.12 bits per heavy atom. The molecule has 0 radical (unpaired) electrons. The van der Waals surface area contributed by atoms with E-state index in [1.165, 1.54) is 0 Å². The number of carbonyl (C=O) groups is 1. The molecule has 1 aromatic carbocycles. The van der Waals surface area contributed by atoms with Crippen LogP contribution < -0.4 is 0 Å². The number of aromatic carboxylic acids is 1. The van der Waals surface area contributed by atoms with Gasteiger partial charge in [-0.1, -0.05) is 0 Å². The van der Waals surface area contributed by atoms with Gasteiger partial charge in [-0.3, -0.25) is 0 Å². The summed E-state index contributed by atoms with van der Waals surface area (Å²) in [6, 6.07) is 1.69. The number of aromatic hydroxyl groups is 3. The van der Waals surface area contributed by atoms with E-state index in [2.05, 4.69) is 0 Å². The zero-order valence-electron chi connectivity index (χ0n) is 5.85. The molecule has 17 heavy (non-hydrogen) atoms. The van der Waals surface area contributed by atoms with Crippen LogP contribution in [0, 0.1) is 0 Å². The van der Waals surface area contributed by atoms with Gasteiger partial charge in [0.25, 0.3) is 0 Å². The quantitative estimate of drug-likeness (QED) is 0.297. The summed E-state index contributed by atoms with van der Waals surface area (Å²) in [7, 11) is 0. The summed E-state index contributed by atoms with van der Waals surface area (Å²) in [4.78, 5) is 10.3. The van der Waals surface area contributed by atoms with Crippen molar-refractivity contribution < 1.29 is 25.2 Å². The van der Waals surface area contributed by atoms with Crippen molar-refractivity contribution in [2.75, 3.05) is 0 Å². The molecular formula is C7H11Li5O5. The Morgan fingerprint density at radius 1 is 0.824 bits per heavy atom. The molecule has 1 rings (SSSR count). The van der Waals surface area contributed by atoms with E-state index in [0.29, 0.717) is 0 Å². The Labute approximate surface area is 159 Å². The first-order valence-corrected chi connectivity index (χ1v) is 3.00. The zero-order chi connectivity index (χ0) is 9.30. The summed E-state index contributed by atoms with van der Waals surface area (Å²) in [5, 5.41) is 35.0. The fraction of sp³-hybridized carbons (Fsp3) is 0. The van der Waals surface area contributed by atoms with Crippen LogP contribution in [0.15, 0.2) is 12.1 Å². The van der Waals surface area contributed by atoms with E-state index in [9.17, 15) is 4.79 Å². The molecule has 5 nitrogen and oxygen atoms in total. The number of phenols is 3. The van der Waals surface area contributed by atoms with E-state index in [-0.39, 0.29) is 99.9 Å². The monoisotopic (exact) mass is 210 g/mol. The van der Waals surface area contributed by atoms with Gasteiger partial charge in [-0.05, 0) is 12.1 Å². The van der Waals surface area contributed by atoms with Gasteiger partial charge in [0.2, 0.25) is 0 Å². The molecule has 0 atom stereocenters. The summed E-state index contributed by atoms with van der Waals surface area (Å²) in [6.45, 7) is 0. The van der Waals surface area contributed by atoms with Crippen molar-refractivity contribution in [3.8, 4) is 17.2 Å². The molecule has 0 fully saturated rings. The van der Waals surface area contributed by atoms with Gasteiger partial charge in [0.05, 0.1) is 5.56 Å². The fourth-order valence-electron chi connectivity index (χ4n) is 0.728. The molecular weight excluding hydrogens is 199 g/mol. The van der Waals surface area contributed by atoms with Gasteiger partial charge in [-0.25, -0.2) is 4.79 Å². The minimum atomic E-state index is -1.29. The standard InChI is InChI=1S/C7H6O5.5Li.5H/c8-4-1-3(7(11)12)2-5(9)6(4)10;;;;;;;;;;/h1-2,8-10H,(H,11,12);;;;;;;;;;. The van der Waals surface area contributed by atoms with Crippen LogP contribution in [0.2, 0.25) is 0 Å². The molecule has 0 aliphatic carbocycles. The van der Waals surface area contributed by atoms with Gasteiger partial charge in [0.15, 0.2) is 17.2 Å². The van der Waals surface area contributed by atoms with Crippen LogP contribution in [0.25, 0.3) is 0 Å². The van der Waals surface area contributed by atoms with Gasteiger partial charge in [-0.2, -0.15) is 0 Å². The second kappa shape index (κ2) is 13.5. The summed E-state index contributed by atoms with van der Waals surface area (Å²) in [5.74, 6) is -3.33. The predicted octanol–water partition coefficient (Wildman–Crippen LogP) is -2.74. The first-order valence-electron chi connectivity index (χ1n) is 3.00. The topological polar surface area (TPSA) is 98.0 Å². The van der Waals surface area contributed by atoms with Crippen molar-refractivity contribution in [1.82, 2.24) is 0 Å². The SMILES string of the molecule is O=C(O)c1cc(O)c(O)c(O)c1.[LiH].[LiH].[LiH].[LiH].[LiH]. The van der Waals surface area contributed by atoms with Crippen molar-refractivity contribution in [3.05, 3.63) is 17.7 Å². The molecule has 10 heteroatoms. The number of rotatable bonds is 1. The molecule has 0 aliphatic rings. The van der Waals surface area contributed by atoms with Crippen molar-refractivity contribution in [2.45, 2.75) is 0 Å². The molecule has 0 amide bonds. The Hall–Kier alpha value is 1.08. The van der Waals surface area contributed by atoms with Crippen LogP contribution in [0.5, 0.6) is 17.2 Å². The Morgan fingerprint density at radius 3 is 1.35 bits per heavy atom. The average molecular weight is 210 g/mol. The molecule has 0 spiro atoms. The number of carboxylic acid groups (broad SMARTS) is 1. The zero-order valence-corrected chi connectivity index (χ0v) is 5.85. The van der Waals surface area contributed by atoms with Gasteiger partial charge >= 0.3 is 100 Å². The Kier molecular flexibility index (Phi) is 24.5. The molecule has 0 saturated carbocycles. The van der Waals surface area contributed by atoms with Crippen molar-refractivity contribution in [2.24, 2.45) is 0 Å². The predicted molar refractivity (Wildman–Crippen MR) is 74.1 cm³/mol. The van der Waals surface area contributed by atoms with Crippen molar-refractivity contribution in [1.29, 1.82) is 0 Å². The Balaban J connectivity index is -0.0000000960. The second-order valence-electron chi connectivity index (χ2n) is 2.17. The Bertz CT molecular complexity index is 322. The van der Waals surface area contributed by atoms with Gasteiger partial charge in [-0.15, -0.1) is 0 Å². The third-order valence-electron chi connectivity index (χ3n) is 1.32. The number of hydrogen-bond acceptors (Lipinski definition) is 4. The number of hydrogen-bond donors (Lipinski definition) is 4. The molecule has 0 saturated heterocycles. The molecule has 0 aliphatic heterocycles. The first-order chi connectivity index (χ1) is 5.52. The van der Waals surface area contributed by atoms with Crippen LogP contribution >= 0.6 is 0 Å². The molecule has 74 valence electrons. The summed E-state index contributed by atoms with van der Waals surface area (Å²) in [6.07, 6.45) is 0. The van der Waals surface area contributed by atoms with E-state index in [0.717, 1.165) is 12.1 Å². The van der Waals surface area contributed by atoms with Gasteiger partial charge < -0.3 is 20.4 Å². The number of phenolic OH excluding ortho intramolecular Hbond substituents is 3. The molecule has 0 heterocycles. The second-order valence-corrected chi connectivity index (χ2v) is 2.17. The van der Waals surface area contributed by atoms with E-state index in [4.69, 9.17) is 20.4 Å². The molecule has 0 bridgehead atoms. The van der Waals surface area contributed by atoms with Crippen molar-refractivity contribution in [3.63, 3.8) is 0 Å². The van der Waals surface area contributed by atoms with Gasteiger partial charge in [0.1, 0.15) is 0 Å². The van der Waals surface area contributed by atoms with Crippen LogP contribution in [0.4, 0.5) is 0 Å². The molecule has 0 aromatic heterocycles. The van der Waals surface area contributed by atoms with E-state index >= 15 is 0 Å². The number of benzene rings is 1. The van der Waals surface area contributed by atoms with E-state index < -0.39 is 23.2 Å². The van der Waals surface area contributed by atoms with Gasteiger partial charge in [0, 0.05) is 0 Å².